The van der Waals surface area contributed by atoms with Crippen LogP contribution in [-0.4, -0.2) is 49.0 Å². The third kappa shape index (κ3) is 3.31. The fraction of sp³-hybridized carbons (Fsp3) is 0.636. The quantitative estimate of drug-likeness (QED) is 0.480. The molecule has 2 fully saturated rings. The van der Waals surface area contributed by atoms with Crippen LogP contribution < -0.4 is 11.4 Å². The van der Waals surface area contributed by atoms with Gasteiger partial charge in [-0.2, -0.15) is 4.98 Å². The van der Waals surface area contributed by atoms with Crippen LogP contribution in [0.5, 0.6) is 0 Å². The molecule has 0 aromatic carbocycles. The number of aromatic nitrogens is 2. The number of rotatable bonds is 4. The Bertz CT molecular complexity index is 705. The maximum atomic E-state index is 11.9. The van der Waals surface area contributed by atoms with Crippen LogP contribution in [0.25, 0.3) is 0 Å². The van der Waals surface area contributed by atoms with Gasteiger partial charge in [0.1, 0.15) is 17.5 Å². The zero-order chi connectivity index (χ0) is 16.8. The molecule has 2 aliphatic heterocycles. The van der Waals surface area contributed by atoms with Crippen LogP contribution >= 0.6 is 7.82 Å². The van der Waals surface area contributed by atoms with Gasteiger partial charge in [0.2, 0.25) is 0 Å². The molecule has 0 amide bonds. The van der Waals surface area contributed by atoms with Crippen molar-refractivity contribution in [2.24, 2.45) is 0 Å². The molecule has 2 saturated heterocycles. The first kappa shape index (κ1) is 16.5. The highest BCUT2D eigenvalue weighted by Crippen LogP contribution is 2.49. The average Bonchev–Trinajstić information content (AvgIpc) is 2.69. The summed E-state index contributed by atoms with van der Waals surface area (Å²) in [7, 11) is -4.77. The molecule has 1 unspecified atom stereocenters. The second kappa shape index (κ2) is 5.64. The van der Waals surface area contributed by atoms with Crippen LogP contribution in [0.1, 0.15) is 19.1 Å². The molecule has 23 heavy (non-hydrogen) atoms. The topological polar surface area (TPSA) is 166 Å². The van der Waals surface area contributed by atoms with Crippen molar-refractivity contribution in [1.82, 2.24) is 9.55 Å². The van der Waals surface area contributed by atoms with E-state index in [0.29, 0.717) is 0 Å². The first-order valence-corrected chi connectivity index (χ1v) is 8.27. The summed E-state index contributed by atoms with van der Waals surface area (Å²) in [6.45, 7) is -0.415. The first-order valence-electron chi connectivity index (χ1n) is 6.74. The van der Waals surface area contributed by atoms with Crippen molar-refractivity contribution in [2.45, 2.75) is 37.1 Å². The Hall–Kier alpha value is -1.33. The summed E-state index contributed by atoms with van der Waals surface area (Å²) >= 11 is 0. The highest BCUT2D eigenvalue weighted by atomic mass is 31.2. The molecule has 128 valence electrons. The zero-order valence-corrected chi connectivity index (χ0v) is 12.7. The van der Waals surface area contributed by atoms with E-state index in [-0.39, 0.29) is 18.7 Å². The third-order valence-corrected chi connectivity index (χ3v) is 4.31. The van der Waals surface area contributed by atoms with Crippen LogP contribution in [0.2, 0.25) is 0 Å². The number of phosphoric acid groups is 1. The standard InChI is InChI=1S/C11H16N3O8P/c12-7-1-2-14(10(16)13-7)9-6-3-11(5-15,21-9)4-8(20-6)22-23(17,18)19/h1-2,6,8-9,15H,3-5H2,(H2,12,13,16)(H2,17,18,19)/t6?,8-,9+,11+/m0/s1. The highest BCUT2D eigenvalue weighted by Gasteiger charge is 2.55. The Balaban J connectivity index is 1.89. The van der Waals surface area contributed by atoms with Gasteiger partial charge in [-0.3, -0.25) is 9.09 Å². The van der Waals surface area contributed by atoms with Crippen molar-refractivity contribution >= 4 is 13.6 Å². The van der Waals surface area contributed by atoms with E-state index in [1.54, 1.807) is 0 Å². The first-order chi connectivity index (χ1) is 10.7. The molecule has 0 spiro atoms. The Kier molecular flexibility index (Phi) is 4.05. The molecule has 2 aliphatic rings. The third-order valence-electron chi connectivity index (χ3n) is 3.80. The van der Waals surface area contributed by atoms with E-state index in [2.05, 4.69) is 9.51 Å². The van der Waals surface area contributed by atoms with Gasteiger partial charge in [0, 0.05) is 19.0 Å². The zero-order valence-electron chi connectivity index (χ0n) is 11.8. The molecule has 0 saturated carbocycles. The van der Waals surface area contributed by atoms with E-state index in [9.17, 15) is 14.5 Å². The van der Waals surface area contributed by atoms with Gasteiger partial charge in [0.15, 0.2) is 12.5 Å². The van der Waals surface area contributed by atoms with Crippen molar-refractivity contribution in [3.63, 3.8) is 0 Å². The highest BCUT2D eigenvalue weighted by molar-refractivity contribution is 7.46. The van der Waals surface area contributed by atoms with Crippen molar-refractivity contribution in [3.8, 4) is 0 Å². The molecule has 1 aromatic rings. The van der Waals surface area contributed by atoms with Gasteiger partial charge < -0.3 is 30.1 Å². The Morgan fingerprint density at radius 2 is 2.26 bits per heavy atom. The molecule has 4 atom stereocenters. The lowest BCUT2D eigenvalue weighted by Crippen LogP contribution is -2.43. The van der Waals surface area contributed by atoms with E-state index in [0.717, 1.165) is 4.57 Å². The molecular formula is C11H16N3O8P. The number of nitrogen functional groups attached to an aromatic ring is 1. The van der Waals surface area contributed by atoms with Crippen molar-refractivity contribution in [1.29, 1.82) is 0 Å². The van der Waals surface area contributed by atoms with Crippen molar-refractivity contribution in [3.05, 3.63) is 22.7 Å². The van der Waals surface area contributed by atoms with Crippen LogP contribution in [-0.2, 0) is 18.6 Å². The van der Waals surface area contributed by atoms with E-state index < -0.39 is 44.3 Å². The number of phosphoric ester groups is 1. The molecule has 3 heterocycles. The Morgan fingerprint density at radius 3 is 2.87 bits per heavy atom. The van der Waals surface area contributed by atoms with Gasteiger partial charge in [-0.05, 0) is 6.07 Å². The number of nitrogens with two attached hydrogens (primary N) is 1. The number of fused-ring (bicyclic) bond motifs is 2. The van der Waals surface area contributed by atoms with Gasteiger partial charge in [0.25, 0.3) is 0 Å². The Morgan fingerprint density at radius 1 is 1.52 bits per heavy atom. The fourth-order valence-corrected chi connectivity index (χ4v) is 3.31. The van der Waals surface area contributed by atoms with Crippen LogP contribution in [0.4, 0.5) is 5.82 Å². The van der Waals surface area contributed by atoms with E-state index in [1.165, 1.54) is 12.3 Å². The monoisotopic (exact) mass is 349 g/mol. The summed E-state index contributed by atoms with van der Waals surface area (Å²) in [5.41, 5.74) is 3.66. The summed E-state index contributed by atoms with van der Waals surface area (Å²) in [5, 5.41) is 9.61. The number of aliphatic hydroxyl groups excluding tert-OH is 1. The van der Waals surface area contributed by atoms with Crippen molar-refractivity contribution in [2.75, 3.05) is 12.3 Å². The molecule has 3 rings (SSSR count). The summed E-state index contributed by atoms with van der Waals surface area (Å²) in [6, 6.07) is 1.41. The van der Waals surface area contributed by atoms with E-state index in [4.69, 9.17) is 25.0 Å². The predicted octanol–water partition coefficient (Wildman–Crippen LogP) is -1.30. The smallest absolute Gasteiger partial charge is 0.393 e. The molecule has 11 nitrogen and oxygen atoms in total. The lowest BCUT2D eigenvalue weighted by atomic mass is 9.93. The SMILES string of the molecule is Nc1ccn([C@@H]2O[C@]3(CO)CC2O[C@@H](OP(=O)(O)O)C3)c(=O)n1. The number of nitrogens with zero attached hydrogens (tertiary/aromatic N) is 2. The summed E-state index contributed by atoms with van der Waals surface area (Å²) in [5.74, 6) is 0.0488. The van der Waals surface area contributed by atoms with Gasteiger partial charge in [0.05, 0.1) is 6.61 Å². The predicted molar refractivity (Wildman–Crippen MR) is 73.9 cm³/mol. The minimum Gasteiger partial charge on any atom is -0.393 e. The van der Waals surface area contributed by atoms with E-state index in [1.807, 2.05) is 0 Å². The summed E-state index contributed by atoms with van der Waals surface area (Å²) < 4.78 is 27.9. The number of anilines is 1. The molecule has 1 aromatic heterocycles. The second-order valence-electron chi connectivity index (χ2n) is 5.50. The molecule has 0 radical (unpaired) electrons. The Labute approximate surface area is 129 Å². The summed E-state index contributed by atoms with van der Waals surface area (Å²) in [4.78, 5) is 33.3. The molecule has 0 aliphatic carbocycles. The molecule has 5 N–H and O–H groups in total. The van der Waals surface area contributed by atoms with Crippen molar-refractivity contribution < 1.29 is 33.5 Å². The summed E-state index contributed by atoms with van der Waals surface area (Å²) in [6.07, 6.45) is -1.37. The van der Waals surface area contributed by atoms with Gasteiger partial charge in [-0.25, -0.2) is 9.36 Å². The minimum absolute atomic E-state index is 0.0488. The fourth-order valence-electron chi connectivity index (χ4n) is 2.88. The number of hydrogen-bond acceptors (Lipinski definition) is 8. The molecule has 12 heteroatoms. The second-order valence-corrected chi connectivity index (χ2v) is 6.69. The normalized spacial score (nSPS) is 33.8. The minimum atomic E-state index is -4.77. The van der Waals surface area contributed by atoms with Gasteiger partial charge >= 0.3 is 13.5 Å². The van der Waals surface area contributed by atoms with Crippen LogP contribution in [0.15, 0.2) is 17.1 Å². The lowest BCUT2D eigenvalue weighted by molar-refractivity contribution is -0.169. The number of ether oxygens (including phenoxy) is 2. The van der Waals surface area contributed by atoms with Crippen LogP contribution in [0, 0.1) is 0 Å². The lowest BCUT2D eigenvalue weighted by Gasteiger charge is -2.33. The molecular weight excluding hydrogens is 333 g/mol. The van der Waals surface area contributed by atoms with Gasteiger partial charge in [-0.15, -0.1) is 0 Å². The average molecular weight is 349 g/mol. The van der Waals surface area contributed by atoms with Crippen LogP contribution in [0.3, 0.4) is 0 Å². The molecule has 2 bridgehead atoms. The maximum absolute atomic E-state index is 11.9. The number of hydrogen-bond donors (Lipinski definition) is 4. The number of aliphatic hydroxyl groups is 1. The van der Waals surface area contributed by atoms with Gasteiger partial charge in [-0.1, -0.05) is 0 Å². The maximum Gasteiger partial charge on any atom is 0.471 e. The van der Waals surface area contributed by atoms with E-state index >= 15 is 0 Å². The largest absolute Gasteiger partial charge is 0.471 e.